The van der Waals surface area contributed by atoms with E-state index in [0.717, 1.165) is 32.4 Å². The van der Waals surface area contributed by atoms with E-state index in [-0.39, 0.29) is 5.54 Å². The fourth-order valence-corrected chi connectivity index (χ4v) is 4.86. The zero-order valence-electron chi connectivity index (χ0n) is 12.9. The van der Waals surface area contributed by atoms with Gasteiger partial charge in [0.25, 0.3) is 0 Å². The maximum Gasteiger partial charge on any atom is 0.109 e. The molecule has 4 heteroatoms. The monoisotopic (exact) mass is 296 g/mol. The van der Waals surface area contributed by atoms with E-state index in [9.17, 15) is 5.26 Å². The van der Waals surface area contributed by atoms with Crippen LogP contribution in [0.2, 0.25) is 0 Å². The third-order valence-corrected chi connectivity index (χ3v) is 6.33. The Bertz CT molecular complexity index is 344. The van der Waals surface area contributed by atoms with Gasteiger partial charge in [-0.15, -0.1) is 0 Å². The summed E-state index contributed by atoms with van der Waals surface area (Å²) in [5.41, 5.74) is -0.242. The van der Waals surface area contributed by atoms with Crippen molar-refractivity contribution in [2.75, 3.05) is 18.9 Å². The number of nitrogens with zero attached hydrogens (tertiary/aromatic N) is 1. The quantitative estimate of drug-likeness (QED) is 0.782. The number of nitrogens with one attached hydrogen (secondary N) is 1. The van der Waals surface area contributed by atoms with Crippen LogP contribution in [-0.2, 0) is 4.74 Å². The molecule has 0 bridgehead atoms. The van der Waals surface area contributed by atoms with Gasteiger partial charge in [-0.1, -0.05) is 13.3 Å². The predicted molar refractivity (Wildman–Crippen MR) is 84.9 cm³/mol. The van der Waals surface area contributed by atoms with Crippen LogP contribution in [0, 0.1) is 17.2 Å². The van der Waals surface area contributed by atoms with E-state index in [4.69, 9.17) is 4.74 Å². The van der Waals surface area contributed by atoms with Crippen LogP contribution in [0.15, 0.2) is 0 Å². The first-order chi connectivity index (χ1) is 9.72. The summed E-state index contributed by atoms with van der Waals surface area (Å²) < 4.78 is 5.62. The third-order valence-electron chi connectivity index (χ3n) is 4.82. The minimum atomic E-state index is -0.242. The normalized spacial score (nSPS) is 37.1. The van der Waals surface area contributed by atoms with Crippen LogP contribution in [-0.4, -0.2) is 35.8 Å². The van der Waals surface area contributed by atoms with Crippen LogP contribution in [0.4, 0.5) is 0 Å². The highest BCUT2D eigenvalue weighted by atomic mass is 32.2. The SMILES string of the molecule is CCCNC1(C#N)CCCC1CCSC1CCOC1C. The molecule has 1 aliphatic carbocycles. The Morgan fingerprint density at radius 3 is 2.95 bits per heavy atom. The number of nitriles is 1. The average Bonchev–Trinajstić information content (AvgIpc) is 3.04. The molecule has 4 atom stereocenters. The first kappa shape index (κ1) is 16.1. The molecular weight excluding hydrogens is 268 g/mol. The molecule has 1 saturated heterocycles. The highest BCUT2D eigenvalue weighted by molar-refractivity contribution is 7.99. The number of rotatable bonds is 7. The molecule has 2 fully saturated rings. The van der Waals surface area contributed by atoms with Crippen molar-refractivity contribution in [3.63, 3.8) is 0 Å². The van der Waals surface area contributed by atoms with Gasteiger partial charge >= 0.3 is 0 Å². The van der Waals surface area contributed by atoms with Crippen LogP contribution in [0.1, 0.15) is 52.4 Å². The van der Waals surface area contributed by atoms with Gasteiger partial charge in [0.05, 0.1) is 12.2 Å². The fraction of sp³-hybridized carbons (Fsp3) is 0.938. The topological polar surface area (TPSA) is 45.0 Å². The van der Waals surface area contributed by atoms with Gasteiger partial charge < -0.3 is 4.74 Å². The Morgan fingerprint density at radius 1 is 1.45 bits per heavy atom. The van der Waals surface area contributed by atoms with E-state index in [2.05, 4.69) is 37.0 Å². The molecule has 0 aromatic heterocycles. The summed E-state index contributed by atoms with van der Waals surface area (Å²) in [6.45, 7) is 6.23. The summed E-state index contributed by atoms with van der Waals surface area (Å²) in [7, 11) is 0. The molecular formula is C16H28N2OS. The van der Waals surface area contributed by atoms with E-state index >= 15 is 0 Å². The standard InChI is InChI=1S/C16H28N2OS/c1-3-9-18-16(12-17)8-4-5-14(16)7-11-20-15-6-10-19-13(15)2/h13-15,18H,3-11H2,1-2H3. The Balaban J connectivity index is 1.80. The van der Waals surface area contributed by atoms with Gasteiger partial charge in [-0.3, -0.25) is 5.32 Å². The second kappa shape index (κ2) is 7.68. The largest absolute Gasteiger partial charge is 0.377 e. The molecule has 2 rings (SSSR count). The number of ether oxygens (including phenoxy) is 1. The van der Waals surface area contributed by atoms with Crippen molar-refractivity contribution in [2.24, 2.45) is 5.92 Å². The van der Waals surface area contributed by atoms with Crippen molar-refractivity contribution < 1.29 is 4.74 Å². The van der Waals surface area contributed by atoms with Crippen LogP contribution >= 0.6 is 11.8 Å². The van der Waals surface area contributed by atoms with E-state index in [0.29, 0.717) is 17.3 Å². The van der Waals surface area contributed by atoms with Crippen molar-refractivity contribution in [1.29, 1.82) is 5.26 Å². The highest BCUT2D eigenvalue weighted by Crippen LogP contribution is 2.39. The Kier molecular flexibility index (Phi) is 6.20. The van der Waals surface area contributed by atoms with Gasteiger partial charge in [0.2, 0.25) is 0 Å². The highest BCUT2D eigenvalue weighted by Gasteiger charge is 2.42. The van der Waals surface area contributed by atoms with Crippen LogP contribution in [0.5, 0.6) is 0 Å². The summed E-state index contributed by atoms with van der Waals surface area (Å²) >= 11 is 2.05. The lowest BCUT2D eigenvalue weighted by molar-refractivity contribution is 0.127. The Labute approximate surface area is 127 Å². The summed E-state index contributed by atoms with van der Waals surface area (Å²) in [5, 5.41) is 13.8. The predicted octanol–water partition coefficient (Wildman–Crippen LogP) is 3.35. The second-order valence-electron chi connectivity index (χ2n) is 6.16. The van der Waals surface area contributed by atoms with E-state index in [1.54, 1.807) is 0 Å². The molecule has 3 nitrogen and oxygen atoms in total. The lowest BCUT2D eigenvalue weighted by Gasteiger charge is -2.30. The van der Waals surface area contributed by atoms with Gasteiger partial charge in [0, 0.05) is 11.9 Å². The molecule has 0 radical (unpaired) electrons. The molecule has 2 aliphatic rings. The second-order valence-corrected chi connectivity index (χ2v) is 7.51. The summed E-state index contributed by atoms with van der Waals surface area (Å²) in [6.07, 6.45) is 7.29. The van der Waals surface area contributed by atoms with Gasteiger partial charge in [-0.05, 0) is 57.2 Å². The smallest absolute Gasteiger partial charge is 0.109 e. The molecule has 20 heavy (non-hydrogen) atoms. The van der Waals surface area contributed by atoms with E-state index < -0.39 is 0 Å². The van der Waals surface area contributed by atoms with Crippen molar-refractivity contribution in [3.8, 4) is 6.07 Å². The first-order valence-corrected chi connectivity index (χ1v) is 9.16. The van der Waals surface area contributed by atoms with Gasteiger partial charge in [0.15, 0.2) is 0 Å². The fourth-order valence-electron chi connectivity index (χ4n) is 3.53. The summed E-state index contributed by atoms with van der Waals surface area (Å²) in [5.74, 6) is 1.70. The lowest BCUT2D eigenvalue weighted by Crippen LogP contribution is -2.47. The molecule has 114 valence electrons. The van der Waals surface area contributed by atoms with Crippen LogP contribution < -0.4 is 5.32 Å². The number of hydrogen-bond donors (Lipinski definition) is 1. The van der Waals surface area contributed by atoms with Crippen molar-refractivity contribution in [3.05, 3.63) is 0 Å². The lowest BCUT2D eigenvalue weighted by atomic mass is 9.86. The molecule has 1 saturated carbocycles. The zero-order valence-corrected chi connectivity index (χ0v) is 13.7. The van der Waals surface area contributed by atoms with E-state index in [1.807, 2.05) is 0 Å². The van der Waals surface area contributed by atoms with E-state index in [1.165, 1.54) is 25.0 Å². The Morgan fingerprint density at radius 2 is 2.30 bits per heavy atom. The first-order valence-electron chi connectivity index (χ1n) is 8.11. The molecule has 1 N–H and O–H groups in total. The van der Waals surface area contributed by atoms with Crippen LogP contribution in [0.3, 0.4) is 0 Å². The van der Waals surface area contributed by atoms with Gasteiger partial charge in [0.1, 0.15) is 5.54 Å². The third kappa shape index (κ3) is 3.69. The number of thioether (sulfide) groups is 1. The van der Waals surface area contributed by atoms with Crippen LogP contribution in [0.25, 0.3) is 0 Å². The molecule has 4 unspecified atom stereocenters. The van der Waals surface area contributed by atoms with Crippen molar-refractivity contribution in [1.82, 2.24) is 5.32 Å². The van der Waals surface area contributed by atoms with Gasteiger partial charge in [-0.25, -0.2) is 0 Å². The molecule has 1 heterocycles. The number of hydrogen-bond acceptors (Lipinski definition) is 4. The summed E-state index contributed by atoms with van der Waals surface area (Å²) in [4.78, 5) is 0. The average molecular weight is 296 g/mol. The molecule has 0 amide bonds. The van der Waals surface area contributed by atoms with Crippen molar-refractivity contribution in [2.45, 2.75) is 69.3 Å². The molecule has 0 aromatic rings. The maximum atomic E-state index is 9.63. The van der Waals surface area contributed by atoms with Crippen molar-refractivity contribution >= 4 is 11.8 Å². The minimum absolute atomic E-state index is 0.242. The molecule has 0 spiro atoms. The minimum Gasteiger partial charge on any atom is -0.377 e. The van der Waals surface area contributed by atoms with Gasteiger partial charge in [-0.2, -0.15) is 17.0 Å². The summed E-state index contributed by atoms with van der Waals surface area (Å²) in [6, 6.07) is 2.60. The molecule has 0 aromatic carbocycles. The molecule has 1 aliphatic heterocycles. The maximum absolute atomic E-state index is 9.63. The Hall–Kier alpha value is -0.240. The zero-order chi connectivity index (χ0) is 14.4.